The zero-order valence-electron chi connectivity index (χ0n) is 11.9. The van der Waals surface area contributed by atoms with Gasteiger partial charge in [0.1, 0.15) is 6.33 Å². The van der Waals surface area contributed by atoms with E-state index in [1.807, 2.05) is 17.0 Å². The third-order valence-corrected chi connectivity index (χ3v) is 4.70. The van der Waals surface area contributed by atoms with E-state index in [-0.39, 0.29) is 5.91 Å². The number of amides is 1. The molecule has 0 atom stereocenters. The molecule has 0 bridgehead atoms. The van der Waals surface area contributed by atoms with E-state index in [0.29, 0.717) is 17.9 Å². The number of halogens is 2. The Kier molecular flexibility index (Phi) is 4.74. The van der Waals surface area contributed by atoms with Gasteiger partial charge in [0.2, 0.25) is 5.91 Å². The van der Waals surface area contributed by atoms with Crippen molar-refractivity contribution in [3.8, 4) is 0 Å². The molecule has 1 amide bonds. The fourth-order valence-corrected chi connectivity index (χ4v) is 3.71. The maximum absolute atomic E-state index is 12.6. The van der Waals surface area contributed by atoms with Crippen LogP contribution >= 0.6 is 27.5 Å². The second-order valence-corrected chi connectivity index (χ2v) is 6.57. The van der Waals surface area contributed by atoms with Gasteiger partial charge in [0, 0.05) is 40.5 Å². The standard InChI is InChI=1S/C16H15BrClN3O/c17-14-6-12(18)7-15-13(14)2-1-5-21(15)16(22)4-3-11-8-19-10-20-9-11/h6-10H,1-5H2. The minimum absolute atomic E-state index is 0.110. The molecule has 1 aromatic heterocycles. The average molecular weight is 381 g/mol. The SMILES string of the molecule is O=C(CCc1cncnc1)N1CCCc2c(Br)cc(Cl)cc21. The first-order chi connectivity index (χ1) is 10.6. The first-order valence-corrected chi connectivity index (χ1v) is 8.34. The number of aryl methyl sites for hydroxylation is 1. The van der Waals surface area contributed by atoms with Crippen LogP contribution in [0, 0.1) is 0 Å². The molecular formula is C16H15BrClN3O. The van der Waals surface area contributed by atoms with Crippen LogP contribution in [-0.2, 0) is 17.6 Å². The van der Waals surface area contributed by atoms with Crippen molar-refractivity contribution in [2.75, 3.05) is 11.4 Å². The topological polar surface area (TPSA) is 46.1 Å². The molecule has 1 aliphatic rings. The summed E-state index contributed by atoms with van der Waals surface area (Å²) in [6, 6.07) is 3.76. The first kappa shape index (κ1) is 15.4. The molecule has 0 unspecified atom stereocenters. The van der Waals surface area contributed by atoms with E-state index in [9.17, 15) is 4.79 Å². The number of carbonyl (C=O) groups is 1. The molecule has 0 saturated carbocycles. The molecule has 6 heteroatoms. The highest BCUT2D eigenvalue weighted by atomic mass is 79.9. The minimum Gasteiger partial charge on any atom is -0.312 e. The van der Waals surface area contributed by atoms with E-state index >= 15 is 0 Å². The number of rotatable bonds is 3. The summed E-state index contributed by atoms with van der Waals surface area (Å²) in [7, 11) is 0. The van der Waals surface area contributed by atoms with Gasteiger partial charge in [0.05, 0.1) is 0 Å². The molecule has 114 valence electrons. The summed E-state index contributed by atoms with van der Waals surface area (Å²) in [6.45, 7) is 0.740. The smallest absolute Gasteiger partial charge is 0.227 e. The number of nitrogens with zero attached hydrogens (tertiary/aromatic N) is 3. The number of aromatic nitrogens is 2. The molecule has 2 heterocycles. The fraction of sp³-hybridized carbons (Fsp3) is 0.312. The molecule has 0 N–H and O–H groups in total. The Labute approximate surface area is 142 Å². The number of carbonyl (C=O) groups excluding carboxylic acids is 1. The van der Waals surface area contributed by atoms with E-state index in [0.717, 1.165) is 40.7 Å². The number of anilines is 1. The fourth-order valence-electron chi connectivity index (χ4n) is 2.72. The Morgan fingerprint density at radius 1 is 1.32 bits per heavy atom. The number of benzene rings is 1. The lowest BCUT2D eigenvalue weighted by molar-refractivity contribution is -0.118. The zero-order chi connectivity index (χ0) is 15.5. The van der Waals surface area contributed by atoms with Crippen molar-refractivity contribution in [2.24, 2.45) is 0 Å². The van der Waals surface area contributed by atoms with E-state index < -0.39 is 0 Å². The Bertz CT molecular complexity index is 693. The highest BCUT2D eigenvalue weighted by molar-refractivity contribution is 9.10. The van der Waals surface area contributed by atoms with Gasteiger partial charge in [-0.2, -0.15) is 0 Å². The Balaban J connectivity index is 1.77. The van der Waals surface area contributed by atoms with Crippen molar-refractivity contribution in [3.63, 3.8) is 0 Å². The van der Waals surface area contributed by atoms with Crippen molar-refractivity contribution in [3.05, 3.63) is 51.5 Å². The van der Waals surface area contributed by atoms with Crippen LogP contribution in [0.25, 0.3) is 0 Å². The van der Waals surface area contributed by atoms with Crippen molar-refractivity contribution in [1.82, 2.24) is 9.97 Å². The predicted octanol–water partition coefficient (Wildman–Crippen LogP) is 3.80. The summed E-state index contributed by atoms with van der Waals surface area (Å²) in [5, 5.41) is 0.641. The van der Waals surface area contributed by atoms with Crippen LogP contribution in [0.15, 0.2) is 35.3 Å². The van der Waals surface area contributed by atoms with Gasteiger partial charge in [-0.05, 0) is 42.5 Å². The lowest BCUT2D eigenvalue weighted by Crippen LogP contribution is -2.35. The van der Waals surface area contributed by atoms with Crippen LogP contribution in [0.3, 0.4) is 0 Å². The largest absolute Gasteiger partial charge is 0.312 e. The molecule has 0 spiro atoms. The molecule has 2 aromatic rings. The van der Waals surface area contributed by atoms with E-state index in [4.69, 9.17) is 11.6 Å². The highest BCUT2D eigenvalue weighted by Gasteiger charge is 2.24. The Hall–Kier alpha value is -1.46. The summed E-state index contributed by atoms with van der Waals surface area (Å²) in [4.78, 5) is 22.4. The van der Waals surface area contributed by atoms with Crippen molar-refractivity contribution in [1.29, 1.82) is 0 Å². The zero-order valence-corrected chi connectivity index (χ0v) is 14.3. The maximum Gasteiger partial charge on any atom is 0.227 e. The normalized spacial score (nSPS) is 13.8. The predicted molar refractivity (Wildman–Crippen MR) is 90.2 cm³/mol. The van der Waals surface area contributed by atoms with Gasteiger partial charge in [-0.25, -0.2) is 9.97 Å². The second-order valence-electron chi connectivity index (χ2n) is 5.28. The van der Waals surface area contributed by atoms with Crippen molar-refractivity contribution < 1.29 is 4.79 Å². The minimum atomic E-state index is 0.110. The summed E-state index contributed by atoms with van der Waals surface area (Å²) >= 11 is 9.69. The monoisotopic (exact) mass is 379 g/mol. The van der Waals surface area contributed by atoms with Gasteiger partial charge < -0.3 is 4.90 Å². The van der Waals surface area contributed by atoms with Crippen LogP contribution in [0.2, 0.25) is 5.02 Å². The van der Waals surface area contributed by atoms with Gasteiger partial charge >= 0.3 is 0 Å². The second kappa shape index (κ2) is 6.75. The number of fused-ring (bicyclic) bond motifs is 1. The van der Waals surface area contributed by atoms with Gasteiger partial charge in [-0.1, -0.05) is 27.5 Å². The van der Waals surface area contributed by atoms with Crippen LogP contribution < -0.4 is 4.90 Å². The molecule has 3 rings (SSSR count). The van der Waals surface area contributed by atoms with E-state index in [1.165, 1.54) is 6.33 Å². The maximum atomic E-state index is 12.6. The van der Waals surface area contributed by atoms with Crippen LogP contribution in [0.1, 0.15) is 24.0 Å². The number of hydrogen-bond acceptors (Lipinski definition) is 3. The average Bonchev–Trinajstić information content (AvgIpc) is 2.53. The molecule has 0 fully saturated rings. The van der Waals surface area contributed by atoms with Crippen LogP contribution in [-0.4, -0.2) is 22.4 Å². The molecule has 1 aromatic carbocycles. The number of hydrogen-bond donors (Lipinski definition) is 0. The summed E-state index contributed by atoms with van der Waals surface area (Å²) in [5.41, 5.74) is 3.06. The molecule has 4 nitrogen and oxygen atoms in total. The molecule has 1 aliphatic heterocycles. The summed E-state index contributed by atoms with van der Waals surface area (Å²) in [6.07, 6.45) is 8.00. The summed E-state index contributed by atoms with van der Waals surface area (Å²) < 4.78 is 0.976. The van der Waals surface area contributed by atoms with E-state index in [1.54, 1.807) is 12.4 Å². The molecule has 0 aliphatic carbocycles. The van der Waals surface area contributed by atoms with Crippen molar-refractivity contribution in [2.45, 2.75) is 25.7 Å². The quantitative estimate of drug-likeness (QED) is 0.813. The van der Waals surface area contributed by atoms with Gasteiger partial charge in [0.25, 0.3) is 0 Å². The molecule has 0 radical (unpaired) electrons. The molecule has 22 heavy (non-hydrogen) atoms. The van der Waals surface area contributed by atoms with Gasteiger partial charge in [-0.15, -0.1) is 0 Å². The lowest BCUT2D eigenvalue weighted by atomic mass is 10.0. The summed E-state index contributed by atoms with van der Waals surface area (Å²) in [5.74, 6) is 0.110. The Morgan fingerprint density at radius 3 is 2.86 bits per heavy atom. The van der Waals surface area contributed by atoms with Crippen LogP contribution in [0.4, 0.5) is 5.69 Å². The van der Waals surface area contributed by atoms with Gasteiger partial charge in [0.15, 0.2) is 0 Å². The third kappa shape index (κ3) is 3.31. The first-order valence-electron chi connectivity index (χ1n) is 7.17. The molecule has 0 saturated heterocycles. The molecular weight excluding hydrogens is 366 g/mol. The third-order valence-electron chi connectivity index (χ3n) is 3.78. The van der Waals surface area contributed by atoms with Gasteiger partial charge in [-0.3, -0.25) is 4.79 Å². The van der Waals surface area contributed by atoms with Crippen LogP contribution in [0.5, 0.6) is 0 Å². The highest BCUT2D eigenvalue weighted by Crippen LogP contribution is 2.36. The lowest BCUT2D eigenvalue weighted by Gasteiger charge is -2.30. The van der Waals surface area contributed by atoms with E-state index in [2.05, 4.69) is 25.9 Å². The Morgan fingerprint density at radius 2 is 2.09 bits per heavy atom. The van der Waals surface area contributed by atoms with Crippen molar-refractivity contribution >= 4 is 39.1 Å².